The van der Waals surface area contributed by atoms with E-state index in [1.807, 2.05) is 30.3 Å². The molecule has 7 rings (SSSR count). The topological polar surface area (TPSA) is 109 Å². The number of nitrogens with zero attached hydrogens (tertiary/aromatic N) is 2. The van der Waals surface area contributed by atoms with Gasteiger partial charge in [-0.3, -0.25) is 14.4 Å². The fraction of sp³-hybridized carbons (Fsp3) is 0.694. The van der Waals surface area contributed by atoms with Crippen molar-refractivity contribution in [3.05, 3.63) is 52.2 Å². The monoisotopic (exact) mass is 816 g/mol. The van der Waals surface area contributed by atoms with Crippen LogP contribution < -0.4 is 0 Å². The van der Waals surface area contributed by atoms with Crippen LogP contribution in [0.3, 0.4) is 0 Å². The number of allylic oxidation sites excluding steroid dienone is 2. The van der Waals surface area contributed by atoms with E-state index in [0.29, 0.717) is 29.8 Å². The van der Waals surface area contributed by atoms with Crippen LogP contribution in [-0.2, 0) is 31.1 Å². The van der Waals surface area contributed by atoms with Gasteiger partial charge in [-0.25, -0.2) is 0 Å². The Morgan fingerprint density at radius 3 is 2.24 bits per heavy atom. The number of esters is 1. The Morgan fingerprint density at radius 1 is 0.948 bits per heavy atom. The number of carboxylic acids is 1. The van der Waals surface area contributed by atoms with Gasteiger partial charge in [-0.15, -0.1) is 0 Å². The van der Waals surface area contributed by atoms with E-state index in [0.717, 1.165) is 80.4 Å². The molecule has 0 bridgehead atoms. The van der Waals surface area contributed by atoms with Gasteiger partial charge in [-0.2, -0.15) is 0 Å². The van der Waals surface area contributed by atoms with Gasteiger partial charge in [0.25, 0.3) is 0 Å². The summed E-state index contributed by atoms with van der Waals surface area (Å²) < 4.78 is 8.54. The molecule has 318 valence electrons. The summed E-state index contributed by atoms with van der Waals surface area (Å²) in [6.07, 6.45) is 7.89. The summed E-state index contributed by atoms with van der Waals surface area (Å²) in [5.74, 6) is 0.272. The summed E-state index contributed by atoms with van der Waals surface area (Å²) in [5.41, 5.74) is 3.28. The number of fused-ring (bicyclic) bond motifs is 7. The lowest BCUT2D eigenvalue weighted by molar-refractivity contribution is -0.232. The quantitative estimate of drug-likeness (QED) is 0.230. The van der Waals surface area contributed by atoms with Gasteiger partial charge in [0, 0.05) is 52.7 Å². The third kappa shape index (κ3) is 6.43. The lowest BCUT2D eigenvalue weighted by Crippen LogP contribution is -2.66. The number of aliphatic carboxylic acids is 1. The number of aromatic hydroxyl groups is 1. The number of likely N-dealkylation sites (N-methyl/N-ethyl adjacent to an activating group) is 1. The molecular weight excluding hydrogens is 748 g/mol. The maximum Gasteiger partial charge on any atom is 0.309 e. The summed E-state index contributed by atoms with van der Waals surface area (Å²) in [4.78, 5) is 41.8. The average molecular weight is 818 g/mol. The number of hydrogen-bond donors (Lipinski definition) is 2. The van der Waals surface area contributed by atoms with Crippen molar-refractivity contribution in [1.82, 2.24) is 9.47 Å². The Morgan fingerprint density at radius 2 is 1.62 bits per heavy atom. The van der Waals surface area contributed by atoms with Crippen molar-refractivity contribution in [2.24, 2.45) is 50.7 Å². The zero-order chi connectivity index (χ0) is 42.5. The predicted octanol–water partition coefficient (Wildman–Crippen LogP) is 10.7. The molecule has 2 N–H and O–H groups in total. The molecule has 8 nitrogen and oxygen atoms in total. The van der Waals surface area contributed by atoms with E-state index in [9.17, 15) is 24.6 Å². The van der Waals surface area contributed by atoms with Gasteiger partial charge in [0.1, 0.15) is 11.9 Å². The highest BCUT2D eigenvalue weighted by molar-refractivity contribution is 6.30. The van der Waals surface area contributed by atoms with Gasteiger partial charge in [0.2, 0.25) is 0 Å². The maximum absolute atomic E-state index is 14.6. The van der Waals surface area contributed by atoms with E-state index in [-0.39, 0.29) is 57.6 Å². The highest BCUT2D eigenvalue weighted by Crippen LogP contribution is 2.77. The van der Waals surface area contributed by atoms with Crippen molar-refractivity contribution >= 4 is 29.3 Å². The van der Waals surface area contributed by atoms with Gasteiger partial charge in [-0.05, 0) is 143 Å². The van der Waals surface area contributed by atoms with E-state index < -0.39 is 22.8 Å². The zero-order valence-corrected chi connectivity index (χ0v) is 37.8. The predicted molar refractivity (Wildman–Crippen MR) is 230 cm³/mol. The van der Waals surface area contributed by atoms with E-state index >= 15 is 0 Å². The van der Waals surface area contributed by atoms with Crippen molar-refractivity contribution in [3.8, 4) is 17.0 Å². The molecule has 0 radical (unpaired) electrons. The van der Waals surface area contributed by atoms with E-state index in [2.05, 4.69) is 72.0 Å². The normalized spacial score (nSPS) is 34.4. The molecule has 5 aliphatic rings. The molecular formula is C49H69ClN2O6. The molecule has 8 atom stereocenters. The molecule has 0 aliphatic heterocycles. The second kappa shape index (κ2) is 14.5. The Labute approximate surface area is 352 Å². The van der Waals surface area contributed by atoms with Crippen molar-refractivity contribution in [1.29, 1.82) is 0 Å². The molecule has 0 unspecified atom stereocenters. The second-order valence-electron chi connectivity index (χ2n) is 21.7. The number of carboxylic acid groups (broad SMARTS) is 1. The first-order valence-corrected chi connectivity index (χ1v) is 22.4. The number of aromatic nitrogens is 1. The number of rotatable bonds is 10. The van der Waals surface area contributed by atoms with Crippen molar-refractivity contribution in [3.63, 3.8) is 0 Å². The number of carbonyl (C=O) groups is 3. The SMILES string of the molecule is CC(C)C1=C2[C@H]3CC[C@@H]4[C@@]5(C)CC[C@H](OC(=O)CC(C)(C)C(=O)O)C(C)(C)[C@@H]5CC[C@@]4(C)[C@]3(C)CC[C@@]2(c2cc(O)c(-c3ccc(Cl)cc3)n2CCN(C)C)CC1=O. The standard InChI is InChI=1S/C49H69ClN2O6/c1-29(2)40-34(54)27-49(37-26-33(53)42(52(37)25-24-51(10)11)30-12-14-31(50)15-13-30)23-22-47(8)32(41(40)49)16-17-36-46(7)20-19-38(58-39(55)28-44(3,4)43(56)57)45(5,6)35(46)18-21-48(36,47)9/h12-15,26,29,32,35-36,38,53H,16-25,27-28H2,1-11H3,(H,56,57)/t32-,35+,36-,38+,46+,47-,48-,49+/m1/s1. The fourth-order valence-corrected chi connectivity index (χ4v) is 14.3. The zero-order valence-electron chi connectivity index (χ0n) is 37.1. The molecule has 5 aliphatic carbocycles. The minimum Gasteiger partial charge on any atom is -0.506 e. The molecule has 4 saturated carbocycles. The Bertz CT molecular complexity index is 2010. The lowest BCUT2D eigenvalue weighted by atomic mass is 9.33. The van der Waals surface area contributed by atoms with Crippen LogP contribution in [0.5, 0.6) is 5.75 Å². The van der Waals surface area contributed by atoms with Crippen LogP contribution in [0.2, 0.25) is 5.02 Å². The number of hydrogen-bond acceptors (Lipinski definition) is 6. The van der Waals surface area contributed by atoms with Crippen LogP contribution in [0.25, 0.3) is 11.3 Å². The van der Waals surface area contributed by atoms with E-state index in [1.54, 1.807) is 13.8 Å². The van der Waals surface area contributed by atoms with E-state index in [1.165, 1.54) is 5.57 Å². The molecule has 1 aromatic carbocycles. The highest BCUT2D eigenvalue weighted by atomic mass is 35.5. The molecule has 2 aromatic rings. The number of ketones is 1. The first-order chi connectivity index (χ1) is 26.9. The first-order valence-electron chi connectivity index (χ1n) is 22.0. The van der Waals surface area contributed by atoms with Crippen LogP contribution in [-0.4, -0.2) is 64.1 Å². The maximum atomic E-state index is 14.6. The fourth-order valence-electron chi connectivity index (χ4n) is 14.1. The number of carbonyl (C=O) groups excluding carboxylic acids is 2. The Kier molecular flexibility index (Phi) is 10.8. The Balaban J connectivity index is 1.26. The van der Waals surface area contributed by atoms with E-state index in [4.69, 9.17) is 16.3 Å². The van der Waals surface area contributed by atoms with Gasteiger partial charge in [0.05, 0.1) is 17.5 Å². The summed E-state index contributed by atoms with van der Waals surface area (Å²) in [6, 6.07) is 9.72. The minimum absolute atomic E-state index is 0.0304. The smallest absolute Gasteiger partial charge is 0.309 e. The molecule has 1 aromatic heterocycles. The van der Waals surface area contributed by atoms with Crippen LogP contribution in [0.15, 0.2) is 41.5 Å². The third-order valence-corrected chi connectivity index (χ3v) is 17.5. The molecule has 0 amide bonds. The number of ether oxygens (including phenoxy) is 1. The lowest BCUT2D eigenvalue weighted by Gasteiger charge is -2.72. The average Bonchev–Trinajstić information content (AvgIpc) is 3.62. The van der Waals surface area contributed by atoms with Crippen molar-refractivity contribution in [2.75, 3.05) is 20.6 Å². The summed E-state index contributed by atoms with van der Waals surface area (Å²) in [5, 5.41) is 22.2. The van der Waals surface area contributed by atoms with Crippen molar-refractivity contribution in [2.45, 2.75) is 145 Å². The molecule has 58 heavy (non-hydrogen) atoms. The Hall–Kier alpha value is -3.10. The van der Waals surface area contributed by atoms with Crippen molar-refractivity contribution < 1.29 is 29.3 Å². The highest BCUT2D eigenvalue weighted by Gasteiger charge is 2.70. The molecule has 1 heterocycles. The largest absolute Gasteiger partial charge is 0.506 e. The van der Waals surface area contributed by atoms with Gasteiger partial charge < -0.3 is 24.4 Å². The summed E-state index contributed by atoms with van der Waals surface area (Å²) in [6.45, 7) is 21.3. The summed E-state index contributed by atoms with van der Waals surface area (Å²) in [7, 11) is 4.16. The first kappa shape index (κ1) is 43.0. The molecule has 4 fully saturated rings. The van der Waals surface area contributed by atoms with Gasteiger partial charge in [0.15, 0.2) is 5.78 Å². The van der Waals surface area contributed by atoms with Crippen LogP contribution in [0.1, 0.15) is 132 Å². The van der Waals surface area contributed by atoms with Gasteiger partial charge in [-0.1, -0.05) is 72.2 Å². The van der Waals surface area contributed by atoms with Crippen LogP contribution in [0, 0.1) is 50.7 Å². The third-order valence-electron chi connectivity index (χ3n) is 17.3. The van der Waals surface area contributed by atoms with Crippen LogP contribution >= 0.6 is 11.6 Å². The molecule has 0 saturated heterocycles. The molecule has 9 heteroatoms. The van der Waals surface area contributed by atoms with Crippen LogP contribution in [0.4, 0.5) is 0 Å². The number of halogens is 1. The number of benzene rings is 1. The second-order valence-corrected chi connectivity index (χ2v) is 22.1. The van der Waals surface area contributed by atoms with Gasteiger partial charge >= 0.3 is 11.9 Å². The molecule has 0 spiro atoms. The minimum atomic E-state index is -1.17. The summed E-state index contributed by atoms with van der Waals surface area (Å²) >= 11 is 6.34. The number of Topliss-reactive ketones (excluding diaryl/α,β-unsaturated/α-hetero) is 1.